The van der Waals surface area contributed by atoms with E-state index in [1.54, 1.807) is 18.2 Å². The topological polar surface area (TPSA) is 90.2 Å². The molecule has 0 atom stereocenters. The third-order valence-electron chi connectivity index (χ3n) is 3.19. The van der Waals surface area contributed by atoms with Crippen molar-refractivity contribution in [2.75, 3.05) is 10.7 Å². The van der Waals surface area contributed by atoms with Crippen molar-refractivity contribution in [3.63, 3.8) is 0 Å². The standard InChI is InChI=1S/C18H13N5OS/c19-11-15(23-22-14-9-5-2-6-10-14)17(24)21-18-20-16(12-25-18)13-7-3-1-4-8-13/h1-10,12,22H,(H,20,21,24)/b23-15-. The van der Waals surface area contributed by atoms with Crippen LogP contribution in [0.25, 0.3) is 11.3 Å². The summed E-state index contributed by atoms with van der Waals surface area (Å²) in [7, 11) is 0. The number of aromatic nitrogens is 1. The van der Waals surface area contributed by atoms with E-state index in [1.165, 1.54) is 11.3 Å². The van der Waals surface area contributed by atoms with Crippen LogP contribution in [-0.4, -0.2) is 16.6 Å². The van der Waals surface area contributed by atoms with Crippen LogP contribution in [0.15, 0.2) is 71.1 Å². The van der Waals surface area contributed by atoms with Crippen LogP contribution < -0.4 is 10.7 Å². The normalized spacial score (nSPS) is 10.8. The van der Waals surface area contributed by atoms with Crippen LogP contribution in [0.1, 0.15) is 0 Å². The Morgan fingerprint density at radius 3 is 2.44 bits per heavy atom. The SMILES string of the molecule is N#C/C(=N/Nc1ccccc1)C(=O)Nc1nc(-c2ccccc2)cs1. The lowest BCUT2D eigenvalue weighted by atomic mass is 10.2. The number of thiazole rings is 1. The molecule has 0 saturated heterocycles. The van der Waals surface area contributed by atoms with E-state index >= 15 is 0 Å². The zero-order valence-electron chi connectivity index (χ0n) is 13.0. The molecular formula is C18H13N5OS. The van der Waals surface area contributed by atoms with E-state index in [0.717, 1.165) is 11.3 Å². The number of carbonyl (C=O) groups is 1. The van der Waals surface area contributed by atoms with Gasteiger partial charge < -0.3 is 0 Å². The Kier molecular flexibility index (Phi) is 5.14. The highest BCUT2D eigenvalue weighted by molar-refractivity contribution is 7.14. The quantitative estimate of drug-likeness (QED) is 0.543. The average molecular weight is 347 g/mol. The first-order chi connectivity index (χ1) is 12.3. The van der Waals surface area contributed by atoms with Crippen LogP contribution in [-0.2, 0) is 4.79 Å². The first kappa shape index (κ1) is 16.4. The third-order valence-corrected chi connectivity index (χ3v) is 3.94. The summed E-state index contributed by atoms with van der Waals surface area (Å²) in [6.07, 6.45) is 0. The summed E-state index contributed by atoms with van der Waals surface area (Å²) in [5.74, 6) is -0.611. The minimum Gasteiger partial charge on any atom is -0.296 e. The van der Waals surface area contributed by atoms with Crippen LogP contribution in [0.5, 0.6) is 0 Å². The van der Waals surface area contributed by atoms with Crippen LogP contribution in [0.4, 0.5) is 10.8 Å². The maximum absolute atomic E-state index is 12.2. The number of amides is 1. The summed E-state index contributed by atoms with van der Waals surface area (Å²) in [4.78, 5) is 16.5. The number of benzene rings is 2. The lowest BCUT2D eigenvalue weighted by Crippen LogP contribution is -2.22. The van der Waals surface area contributed by atoms with Crippen molar-refractivity contribution in [3.05, 3.63) is 66.0 Å². The van der Waals surface area contributed by atoms with Gasteiger partial charge in [-0.25, -0.2) is 4.98 Å². The van der Waals surface area contributed by atoms with E-state index < -0.39 is 5.91 Å². The van der Waals surface area contributed by atoms with Gasteiger partial charge in [-0.05, 0) is 12.1 Å². The van der Waals surface area contributed by atoms with Gasteiger partial charge in [0.1, 0.15) is 6.07 Å². The van der Waals surface area contributed by atoms with Gasteiger partial charge in [0, 0.05) is 10.9 Å². The predicted molar refractivity (Wildman–Crippen MR) is 99.3 cm³/mol. The smallest absolute Gasteiger partial charge is 0.288 e. The molecule has 0 fully saturated rings. The molecule has 1 amide bonds. The molecule has 0 bridgehead atoms. The van der Waals surface area contributed by atoms with Crippen molar-refractivity contribution >= 4 is 33.8 Å². The van der Waals surface area contributed by atoms with E-state index in [4.69, 9.17) is 5.26 Å². The highest BCUT2D eigenvalue weighted by Gasteiger charge is 2.14. The number of carbonyl (C=O) groups excluding carboxylic acids is 1. The van der Waals surface area contributed by atoms with Crippen molar-refractivity contribution in [1.82, 2.24) is 4.98 Å². The van der Waals surface area contributed by atoms with Crippen molar-refractivity contribution in [1.29, 1.82) is 5.26 Å². The number of anilines is 2. The minimum atomic E-state index is -0.611. The van der Waals surface area contributed by atoms with Crippen molar-refractivity contribution in [3.8, 4) is 17.3 Å². The van der Waals surface area contributed by atoms with Gasteiger partial charge in [-0.2, -0.15) is 10.4 Å². The second-order valence-electron chi connectivity index (χ2n) is 4.91. The Balaban J connectivity index is 1.68. The summed E-state index contributed by atoms with van der Waals surface area (Å²) in [5, 5.41) is 17.8. The molecule has 2 aromatic carbocycles. The van der Waals surface area contributed by atoms with E-state index in [0.29, 0.717) is 10.8 Å². The summed E-state index contributed by atoms with van der Waals surface area (Å²) in [6, 6.07) is 20.5. The number of nitrogens with one attached hydrogen (secondary N) is 2. The lowest BCUT2D eigenvalue weighted by molar-refractivity contribution is -0.110. The monoisotopic (exact) mass is 347 g/mol. The molecule has 1 aromatic heterocycles. The van der Waals surface area contributed by atoms with Gasteiger partial charge in [-0.15, -0.1) is 11.3 Å². The number of hydrogen-bond donors (Lipinski definition) is 2. The summed E-state index contributed by atoms with van der Waals surface area (Å²) >= 11 is 1.29. The molecular weight excluding hydrogens is 334 g/mol. The molecule has 3 aromatic rings. The van der Waals surface area contributed by atoms with Crippen LogP contribution in [0.2, 0.25) is 0 Å². The van der Waals surface area contributed by atoms with E-state index in [9.17, 15) is 4.79 Å². The van der Waals surface area contributed by atoms with E-state index in [-0.39, 0.29) is 5.71 Å². The van der Waals surface area contributed by atoms with Gasteiger partial charge >= 0.3 is 0 Å². The molecule has 0 spiro atoms. The molecule has 0 aliphatic carbocycles. The molecule has 1 heterocycles. The fourth-order valence-electron chi connectivity index (χ4n) is 1.99. The second-order valence-corrected chi connectivity index (χ2v) is 5.77. The van der Waals surface area contributed by atoms with Gasteiger partial charge in [-0.3, -0.25) is 15.5 Å². The highest BCUT2D eigenvalue weighted by atomic mass is 32.1. The zero-order valence-corrected chi connectivity index (χ0v) is 13.8. The first-order valence-electron chi connectivity index (χ1n) is 7.37. The fraction of sp³-hybridized carbons (Fsp3) is 0. The molecule has 0 aliphatic rings. The molecule has 0 radical (unpaired) electrons. The van der Waals surface area contributed by atoms with Crippen LogP contribution in [0.3, 0.4) is 0 Å². The largest absolute Gasteiger partial charge is 0.296 e. The van der Waals surface area contributed by atoms with Crippen LogP contribution >= 0.6 is 11.3 Å². The third kappa shape index (κ3) is 4.28. The number of nitriles is 1. The molecule has 6 nitrogen and oxygen atoms in total. The first-order valence-corrected chi connectivity index (χ1v) is 8.25. The van der Waals surface area contributed by atoms with E-state index in [2.05, 4.69) is 20.8 Å². The van der Waals surface area contributed by atoms with E-state index in [1.807, 2.05) is 53.9 Å². The van der Waals surface area contributed by atoms with Gasteiger partial charge in [0.25, 0.3) is 5.91 Å². The molecule has 3 rings (SSSR count). The van der Waals surface area contributed by atoms with Gasteiger partial charge in [-0.1, -0.05) is 48.5 Å². The number of hydrazone groups is 1. The lowest BCUT2D eigenvalue weighted by Gasteiger charge is -2.01. The molecule has 0 unspecified atom stereocenters. The fourth-order valence-corrected chi connectivity index (χ4v) is 2.70. The second kappa shape index (κ2) is 7.86. The summed E-state index contributed by atoms with van der Waals surface area (Å²) < 4.78 is 0. The van der Waals surface area contributed by atoms with Crippen molar-refractivity contribution in [2.45, 2.75) is 0 Å². The van der Waals surface area contributed by atoms with Gasteiger partial charge in [0.2, 0.25) is 5.71 Å². The minimum absolute atomic E-state index is 0.277. The Labute approximate surface area is 148 Å². The molecule has 2 N–H and O–H groups in total. The van der Waals surface area contributed by atoms with Gasteiger partial charge in [0.15, 0.2) is 5.13 Å². The maximum Gasteiger partial charge on any atom is 0.288 e. The van der Waals surface area contributed by atoms with Gasteiger partial charge in [0.05, 0.1) is 11.4 Å². The van der Waals surface area contributed by atoms with Crippen LogP contribution in [0, 0.1) is 11.3 Å². The molecule has 7 heteroatoms. The maximum atomic E-state index is 12.2. The molecule has 25 heavy (non-hydrogen) atoms. The molecule has 122 valence electrons. The number of para-hydroxylation sites is 1. The van der Waals surface area contributed by atoms with Crippen molar-refractivity contribution in [2.24, 2.45) is 5.10 Å². The summed E-state index contributed by atoms with van der Waals surface area (Å²) in [5.41, 5.74) is 4.81. The Hall–Kier alpha value is -3.50. The highest BCUT2D eigenvalue weighted by Crippen LogP contribution is 2.24. The summed E-state index contributed by atoms with van der Waals surface area (Å²) in [6.45, 7) is 0. The number of nitrogens with zero attached hydrogens (tertiary/aromatic N) is 3. The Morgan fingerprint density at radius 2 is 1.76 bits per heavy atom. The Bertz CT molecular complexity index is 929. The van der Waals surface area contributed by atoms with Crippen molar-refractivity contribution < 1.29 is 4.79 Å². The predicted octanol–water partition coefficient (Wildman–Crippen LogP) is 3.74. The number of hydrogen-bond acceptors (Lipinski definition) is 6. The molecule has 0 saturated carbocycles. The Morgan fingerprint density at radius 1 is 1.08 bits per heavy atom. The number of rotatable bonds is 5. The zero-order chi connectivity index (χ0) is 17.5. The average Bonchev–Trinajstić information content (AvgIpc) is 3.12. The molecule has 0 aliphatic heterocycles.